The molecule has 0 unspecified atom stereocenters. The molecule has 25 heavy (non-hydrogen) atoms. The molecule has 1 aromatic heterocycles. The second-order valence-electron chi connectivity index (χ2n) is 6.36. The number of hydrogen-bond donors (Lipinski definition) is 1. The molecular weight excluding hydrogens is 316 g/mol. The second-order valence-corrected chi connectivity index (χ2v) is 6.36. The lowest BCUT2D eigenvalue weighted by Crippen LogP contribution is -2.50. The smallest absolute Gasteiger partial charge is 0.321 e. The minimum Gasteiger partial charge on any atom is -0.360 e. The van der Waals surface area contributed by atoms with E-state index in [1.807, 2.05) is 17.9 Å². The van der Waals surface area contributed by atoms with Gasteiger partial charge in [-0.05, 0) is 30.9 Å². The minimum absolute atomic E-state index is 0.0217. The standard InChI is InChI=1S/C19H26N4O2/c1-4-15-7-6-8-16(5-2)18(15)20-19(24)23-11-9-22(10-12-23)17-13-14(3)25-21-17/h6-8,13H,4-5,9-12H2,1-3H3,(H,20,24). The normalized spacial score (nSPS) is 14.7. The van der Waals surface area contributed by atoms with Gasteiger partial charge in [-0.15, -0.1) is 0 Å². The zero-order chi connectivity index (χ0) is 17.8. The highest BCUT2D eigenvalue weighted by Crippen LogP contribution is 2.23. The fourth-order valence-electron chi connectivity index (χ4n) is 3.23. The Morgan fingerprint density at radius 1 is 1.16 bits per heavy atom. The molecule has 0 aliphatic carbocycles. The first-order chi connectivity index (χ1) is 12.1. The third-order valence-electron chi connectivity index (χ3n) is 4.74. The average Bonchev–Trinajstić information content (AvgIpc) is 3.08. The quantitative estimate of drug-likeness (QED) is 0.924. The Morgan fingerprint density at radius 3 is 2.32 bits per heavy atom. The van der Waals surface area contributed by atoms with Crippen molar-refractivity contribution >= 4 is 17.5 Å². The molecule has 0 bridgehead atoms. The van der Waals surface area contributed by atoms with Gasteiger partial charge in [-0.3, -0.25) is 0 Å². The molecule has 1 aliphatic heterocycles. The highest BCUT2D eigenvalue weighted by atomic mass is 16.5. The van der Waals surface area contributed by atoms with E-state index in [9.17, 15) is 4.79 Å². The number of nitrogens with zero attached hydrogens (tertiary/aromatic N) is 3. The number of carbonyl (C=O) groups excluding carboxylic acids is 1. The van der Waals surface area contributed by atoms with Gasteiger partial charge in [0.2, 0.25) is 0 Å². The number of piperazine rings is 1. The van der Waals surface area contributed by atoms with Gasteiger partial charge in [0, 0.05) is 37.9 Å². The first kappa shape index (κ1) is 17.3. The second kappa shape index (κ2) is 7.59. The zero-order valence-corrected chi connectivity index (χ0v) is 15.2. The summed E-state index contributed by atoms with van der Waals surface area (Å²) in [6, 6.07) is 8.14. The predicted molar refractivity (Wildman–Crippen MR) is 99.2 cm³/mol. The van der Waals surface area contributed by atoms with Crippen LogP contribution in [0, 0.1) is 6.92 Å². The van der Waals surface area contributed by atoms with Crippen LogP contribution in [0.4, 0.5) is 16.3 Å². The fourth-order valence-corrected chi connectivity index (χ4v) is 3.23. The van der Waals surface area contributed by atoms with Gasteiger partial charge in [0.05, 0.1) is 0 Å². The molecule has 2 heterocycles. The number of rotatable bonds is 4. The third-order valence-corrected chi connectivity index (χ3v) is 4.74. The number of hydrogen-bond acceptors (Lipinski definition) is 4. The molecule has 2 amide bonds. The van der Waals surface area contributed by atoms with E-state index in [0.29, 0.717) is 13.1 Å². The number of amides is 2. The maximum atomic E-state index is 12.7. The molecule has 1 fully saturated rings. The van der Waals surface area contributed by atoms with Crippen LogP contribution in [0.2, 0.25) is 0 Å². The first-order valence-electron chi connectivity index (χ1n) is 8.97. The summed E-state index contributed by atoms with van der Waals surface area (Å²) in [5, 5.41) is 7.20. The van der Waals surface area contributed by atoms with Crippen LogP contribution in [-0.4, -0.2) is 42.3 Å². The molecule has 0 spiro atoms. The Hall–Kier alpha value is -2.50. The SMILES string of the molecule is CCc1cccc(CC)c1NC(=O)N1CCN(c2cc(C)on2)CC1. The van der Waals surface area contributed by atoms with Gasteiger partial charge in [-0.2, -0.15) is 0 Å². The highest BCUT2D eigenvalue weighted by Gasteiger charge is 2.23. The Kier molecular flexibility index (Phi) is 5.26. The Morgan fingerprint density at radius 2 is 1.80 bits per heavy atom. The van der Waals surface area contributed by atoms with Crippen LogP contribution in [0.25, 0.3) is 0 Å². The van der Waals surface area contributed by atoms with E-state index in [0.717, 1.165) is 43.2 Å². The van der Waals surface area contributed by atoms with Crippen molar-refractivity contribution in [2.45, 2.75) is 33.6 Å². The van der Waals surface area contributed by atoms with Gasteiger partial charge >= 0.3 is 6.03 Å². The van der Waals surface area contributed by atoms with Gasteiger partial charge in [0.25, 0.3) is 0 Å². The van der Waals surface area contributed by atoms with Gasteiger partial charge in [-0.1, -0.05) is 37.2 Å². The molecular formula is C19H26N4O2. The van der Waals surface area contributed by atoms with Crippen molar-refractivity contribution in [3.63, 3.8) is 0 Å². The number of urea groups is 1. The molecule has 2 aromatic rings. The molecule has 1 aliphatic rings. The molecule has 134 valence electrons. The van der Waals surface area contributed by atoms with E-state index in [2.05, 4.69) is 47.4 Å². The summed E-state index contributed by atoms with van der Waals surface area (Å²) < 4.78 is 5.14. The van der Waals surface area contributed by atoms with Crippen LogP contribution in [0.1, 0.15) is 30.7 Å². The summed E-state index contributed by atoms with van der Waals surface area (Å²) in [6.07, 6.45) is 1.81. The van der Waals surface area contributed by atoms with Crippen molar-refractivity contribution in [3.8, 4) is 0 Å². The van der Waals surface area contributed by atoms with Crippen molar-refractivity contribution in [2.24, 2.45) is 0 Å². The number of aromatic nitrogens is 1. The Labute approximate surface area is 148 Å². The minimum atomic E-state index is -0.0217. The average molecular weight is 342 g/mol. The van der Waals surface area contributed by atoms with Crippen LogP contribution in [0.5, 0.6) is 0 Å². The fraction of sp³-hybridized carbons (Fsp3) is 0.474. The van der Waals surface area contributed by atoms with E-state index in [4.69, 9.17) is 4.52 Å². The Balaban J connectivity index is 1.64. The predicted octanol–water partition coefficient (Wildman–Crippen LogP) is 3.46. The lowest BCUT2D eigenvalue weighted by molar-refractivity contribution is 0.208. The van der Waals surface area contributed by atoms with E-state index >= 15 is 0 Å². The number of carbonyl (C=O) groups is 1. The Bertz CT molecular complexity index is 711. The third kappa shape index (κ3) is 3.78. The van der Waals surface area contributed by atoms with E-state index < -0.39 is 0 Å². The number of anilines is 2. The number of para-hydroxylation sites is 1. The summed E-state index contributed by atoms with van der Waals surface area (Å²) in [5.41, 5.74) is 3.35. The van der Waals surface area contributed by atoms with Gasteiger partial charge in [-0.25, -0.2) is 4.79 Å². The molecule has 1 aromatic carbocycles. The monoisotopic (exact) mass is 342 g/mol. The molecule has 6 heteroatoms. The molecule has 1 saturated heterocycles. The van der Waals surface area contributed by atoms with Crippen molar-refractivity contribution < 1.29 is 9.32 Å². The number of benzene rings is 1. The maximum absolute atomic E-state index is 12.7. The number of aryl methyl sites for hydroxylation is 3. The summed E-state index contributed by atoms with van der Waals surface area (Å²) in [7, 11) is 0. The van der Waals surface area contributed by atoms with Crippen LogP contribution < -0.4 is 10.2 Å². The van der Waals surface area contributed by atoms with E-state index in [-0.39, 0.29) is 6.03 Å². The van der Waals surface area contributed by atoms with E-state index in [1.165, 1.54) is 11.1 Å². The summed E-state index contributed by atoms with van der Waals surface area (Å²) in [5.74, 6) is 1.65. The van der Waals surface area contributed by atoms with Crippen molar-refractivity contribution in [1.82, 2.24) is 10.1 Å². The maximum Gasteiger partial charge on any atom is 0.321 e. The van der Waals surface area contributed by atoms with E-state index in [1.54, 1.807) is 0 Å². The summed E-state index contributed by atoms with van der Waals surface area (Å²) in [4.78, 5) is 16.7. The molecule has 0 saturated carbocycles. The van der Waals surface area contributed by atoms with Crippen LogP contribution in [0.3, 0.4) is 0 Å². The van der Waals surface area contributed by atoms with Gasteiger partial charge in [0.1, 0.15) is 5.76 Å². The van der Waals surface area contributed by atoms with Crippen LogP contribution in [0.15, 0.2) is 28.8 Å². The largest absolute Gasteiger partial charge is 0.360 e. The first-order valence-corrected chi connectivity index (χ1v) is 8.97. The van der Waals surface area contributed by atoms with Crippen molar-refractivity contribution in [1.29, 1.82) is 0 Å². The van der Waals surface area contributed by atoms with Gasteiger partial charge in [0.15, 0.2) is 5.82 Å². The van der Waals surface area contributed by atoms with Crippen LogP contribution >= 0.6 is 0 Å². The molecule has 0 atom stereocenters. The molecule has 3 rings (SSSR count). The number of nitrogens with one attached hydrogen (secondary N) is 1. The van der Waals surface area contributed by atoms with Crippen molar-refractivity contribution in [3.05, 3.63) is 41.2 Å². The molecule has 0 radical (unpaired) electrons. The summed E-state index contributed by atoms with van der Waals surface area (Å²) >= 11 is 0. The molecule has 6 nitrogen and oxygen atoms in total. The lowest BCUT2D eigenvalue weighted by atomic mass is 10.0. The van der Waals surface area contributed by atoms with Crippen LogP contribution in [-0.2, 0) is 12.8 Å². The highest BCUT2D eigenvalue weighted by molar-refractivity contribution is 5.91. The van der Waals surface area contributed by atoms with Crippen molar-refractivity contribution in [2.75, 3.05) is 36.4 Å². The molecule has 1 N–H and O–H groups in total. The topological polar surface area (TPSA) is 61.6 Å². The lowest BCUT2D eigenvalue weighted by Gasteiger charge is -2.34. The zero-order valence-electron chi connectivity index (χ0n) is 15.2. The summed E-state index contributed by atoms with van der Waals surface area (Å²) in [6.45, 7) is 8.98. The van der Waals surface area contributed by atoms with Gasteiger partial charge < -0.3 is 19.6 Å².